The first-order valence-electron chi connectivity index (χ1n) is 5.32. The number of benzene rings is 1. The van der Waals surface area contributed by atoms with Crippen LogP contribution in [0.3, 0.4) is 0 Å². The van der Waals surface area contributed by atoms with Gasteiger partial charge in [-0.2, -0.15) is 0 Å². The number of nitrogens with two attached hydrogens (primary N) is 1. The van der Waals surface area contributed by atoms with E-state index < -0.39 is 0 Å². The Bertz CT molecular complexity index is 312. The molecule has 2 nitrogen and oxygen atoms in total. The third-order valence-corrected chi connectivity index (χ3v) is 2.31. The van der Waals surface area contributed by atoms with E-state index in [1.807, 2.05) is 13.1 Å². The second kappa shape index (κ2) is 5.83. The second-order valence-electron chi connectivity index (χ2n) is 3.91. The quantitative estimate of drug-likeness (QED) is 0.806. The monoisotopic (exact) mass is 210 g/mol. The van der Waals surface area contributed by atoms with Crippen molar-refractivity contribution in [1.82, 2.24) is 4.90 Å². The molecule has 0 bridgehead atoms. The molecule has 15 heavy (non-hydrogen) atoms. The predicted octanol–water partition coefficient (Wildman–Crippen LogP) is 2.13. The zero-order chi connectivity index (χ0) is 11.3. The summed E-state index contributed by atoms with van der Waals surface area (Å²) in [7, 11) is 2.04. The Morgan fingerprint density at radius 1 is 1.27 bits per heavy atom. The van der Waals surface area contributed by atoms with E-state index in [1.54, 1.807) is 6.07 Å². The largest absolute Gasteiger partial charge is 0.326 e. The van der Waals surface area contributed by atoms with Gasteiger partial charge in [-0.05, 0) is 43.3 Å². The van der Waals surface area contributed by atoms with Gasteiger partial charge in [0.05, 0.1) is 0 Å². The van der Waals surface area contributed by atoms with Gasteiger partial charge in [0.1, 0.15) is 5.82 Å². The zero-order valence-corrected chi connectivity index (χ0v) is 9.46. The lowest BCUT2D eigenvalue weighted by Crippen LogP contribution is -2.18. The number of rotatable bonds is 5. The standard InChI is InChI=1S/C12H19FN2/c1-3-4-15(2)9-11-5-10(8-14)6-12(13)7-11/h5-7H,3-4,8-9,14H2,1-2H3. The van der Waals surface area contributed by atoms with Crippen molar-refractivity contribution >= 4 is 0 Å². The van der Waals surface area contributed by atoms with Gasteiger partial charge < -0.3 is 10.6 Å². The fourth-order valence-electron chi connectivity index (χ4n) is 1.70. The van der Waals surface area contributed by atoms with Crippen molar-refractivity contribution in [3.8, 4) is 0 Å². The lowest BCUT2D eigenvalue weighted by Gasteiger charge is -2.16. The Hall–Kier alpha value is -0.930. The van der Waals surface area contributed by atoms with Crippen molar-refractivity contribution in [2.24, 2.45) is 5.73 Å². The maximum Gasteiger partial charge on any atom is 0.123 e. The molecule has 0 fully saturated rings. The molecule has 84 valence electrons. The average Bonchev–Trinajstić information content (AvgIpc) is 2.17. The number of halogens is 1. The third kappa shape index (κ3) is 3.98. The van der Waals surface area contributed by atoms with Crippen molar-refractivity contribution < 1.29 is 4.39 Å². The van der Waals surface area contributed by atoms with Crippen molar-refractivity contribution in [2.45, 2.75) is 26.4 Å². The Kier molecular flexibility index (Phi) is 4.72. The summed E-state index contributed by atoms with van der Waals surface area (Å²) in [5, 5.41) is 0. The smallest absolute Gasteiger partial charge is 0.123 e. The van der Waals surface area contributed by atoms with Crippen molar-refractivity contribution in [2.75, 3.05) is 13.6 Å². The van der Waals surface area contributed by atoms with Crippen LogP contribution in [0.25, 0.3) is 0 Å². The minimum absolute atomic E-state index is 0.196. The minimum Gasteiger partial charge on any atom is -0.326 e. The molecule has 3 heteroatoms. The van der Waals surface area contributed by atoms with E-state index in [2.05, 4.69) is 11.8 Å². The molecule has 0 spiro atoms. The van der Waals surface area contributed by atoms with Crippen LogP contribution in [0.1, 0.15) is 24.5 Å². The molecule has 1 aromatic carbocycles. The Morgan fingerprint density at radius 2 is 1.93 bits per heavy atom. The number of hydrogen-bond donors (Lipinski definition) is 1. The van der Waals surface area contributed by atoms with E-state index in [1.165, 1.54) is 6.07 Å². The molecule has 0 saturated heterocycles. The van der Waals surface area contributed by atoms with E-state index in [9.17, 15) is 4.39 Å². The molecule has 0 aromatic heterocycles. The highest BCUT2D eigenvalue weighted by atomic mass is 19.1. The fourth-order valence-corrected chi connectivity index (χ4v) is 1.70. The van der Waals surface area contributed by atoms with Gasteiger partial charge in [0.25, 0.3) is 0 Å². The Morgan fingerprint density at radius 3 is 2.53 bits per heavy atom. The van der Waals surface area contributed by atoms with Crippen molar-refractivity contribution in [1.29, 1.82) is 0 Å². The number of hydrogen-bond acceptors (Lipinski definition) is 2. The summed E-state index contributed by atoms with van der Waals surface area (Å²) >= 11 is 0. The van der Waals surface area contributed by atoms with E-state index in [-0.39, 0.29) is 5.82 Å². The van der Waals surface area contributed by atoms with Crippen LogP contribution in [0, 0.1) is 5.82 Å². The highest BCUT2D eigenvalue weighted by Gasteiger charge is 2.02. The van der Waals surface area contributed by atoms with Gasteiger partial charge in [0, 0.05) is 13.1 Å². The molecule has 0 saturated carbocycles. The molecule has 0 aliphatic rings. The fraction of sp³-hybridized carbons (Fsp3) is 0.500. The van der Waals surface area contributed by atoms with Crippen LogP contribution in [0.2, 0.25) is 0 Å². The minimum atomic E-state index is -0.196. The van der Waals surface area contributed by atoms with Gasteiger partial charge in [-0.3, -0.25) is 0 Å². The molecule has 0 amide bonds. The lowest BCUT2D eigenvalue weighted by molar-refractivity contribution is 0.327. The van der Waals surface area contributed by atoms with Crippen LogP contribution in [-0.4, -0.2) is 18.5 Å². The summed E-state index contributed by atoms with van der Waals surface area (Å²) in [6.45, 7) is 4.32. The summed E-state index contributed by atoms with van der Waals surface area (Å²) in [4.78, 5) is 2.18. The van der Waals surface area contributed by atoms with Gasteiger partial charge in [0.15, 0.2) is 0 Å². The summed E-state index contributed by atoms with van der Waals surface area (Å²) in [6, 6.07) is 5.03. The molecule has 0 unspecified atom stereocenters. The van der Waals surface area contributed by atoms with E-state index in [4.69, 9.17) is 5.73 Å². The predicted molar refractivity (Wildman–Crippen MR) is 60.9 cm³/mol. The van der Waals surface area contributed by atoms with Crippen LogP contribution in [0.5, 0.6) is 0 Å². The number of nitrogens with zero attached hydrogens (tertiary/aromatic N) is 1. The molecule has 0 atom stereocenters. The molecule has 0 radical (unpaired) electrons. The molecule has 0 aliphatic heterocycles. The molecular weight excluding hydrogens is 191 g/mol. The first kappa shape index (κ1) is 12.1. The normalized spacial score (nSPS) is 11.0. The van der Waals surface area contributed by atoms with Crippen LogP contribution < -0.4 is 5.73 Å². The van der Waals surface area contributed by atoms with E-state index in [0.29, 0.717) is 6.54 Å². The van der Waals surface area contributed by atoms with Crippen molar-refractivity contribution in [3.63, 3.8) is 0 Å². The lowest BCUT2D eigenvalue weighted by atomic mass is 10.1. The van der Waals surface area contributed by atoms with Gasteiger partial charge in [-0.15, -0.1) is 0 Å². The first-order chi connectivity index (χ1) is 7.15. The third-order valence-electron chi connectivity index (χ3n) is 2.31. The molecule has 1 aromatic rings. The molecule has 0 aliphatic carbocycles. The van der Waals surface area contributed by atoms with Crippen LogP contribution in [-0.2, 0) is 13.1 Å². The molecular formula is C12H19FN2. The average molecular weight is 210 g/mol. The van der Waals surface area contributed by atoms with Gasteiger partial charge >= 0.3 is 0 Å². The second-order valence-corrected chi connectivity index (χ2v) is 3.91. The van der Waals surface area contributed by atoms with Crippen molar-refractivity contribution in [3.05, 3.63) is 35.1 Å². The highest BCUT2D eigenvalue weighted by Crippen LogP contribution is 2.10. The Labute approximate surface area is 90.9 Å². The van der Waals surface area contributed by atoms with Crippen LogP contribution in [0.15, 0.2) is 18.2 Å². The molecule has 2 N–H and O–H groups in total. The van der Waals surface area contributed by atoms with Gasteiger partial charge in [-0.25, -0.2) is 4.39 Å². The van der Waals surface area contributed by atoms with E-state index in [0.717, 1.165) is 30.6 Å². The topological polar surface area (TPSA) is 29.3 Å². The molecule has 0 heterocycles. The summed E-state index contributed by atoms with van der Waals surface area (Å²) in [6.07, 6.45) is 1.11. The van der Waals surface area contributed by atoms with Gasteiger partial charge in [0.2, 0.25) is 0 Å². The SMILES string of the molecule is CCCN(C)Cc1cc(F)cc(CN)c1. The van der Waals surface area contributed by atoms with Crippen LogP contribution in [0.4, 0.5) is 4.39 Å². The maximum atomic E-state index is 13.2. The van der Waals surface area contributed by atoms with Crippen LogP contribution >= 0.6 is 0 Å². The summed E-state index contributed by atoms with van der Waals surface area (Å²) in [5.41, 5.74) is 7.35. The summed E-state index contributed by atoms with van der Waals surface area (Å²) in [5.74, 6) is -0.196. The van der Waals surface area contributed by atoms with E-state index >= 15 is 0 Å². The highest BCUT2D eigenvalue weighted by molar-refractivity contribution is 5.24. The molecule has 1 rings (SSSR count). The zero-order valence-electron chi connectivity index (χ0n) is 9.46. The first-order valence-corrected chi connectivity index (χ1v) is 5.32. The maximum absolute atomic E-state index is 13.2. The Balaban J connectivity index is 2.71. The summed E-state index contributed by atoms with van der Waals surface area (Å²) < 4.78 is 13.2. The van der Waals surface area contributed by atoms with Gasteiger partial charge in [-0.1, -0.05) is 13.0 Å².